The highest BCUT2D eigenvalue weighted by Gasteiger charge is 2.53. The Bertz CT molecular complexity index is 770. The summed E-state index contributed by atoms with van der Waals surface area (Å²) < 4.78 is 5.28. The maximum absolute atomic E-state index is 12.5. The van der Waals surface area contributed by atoms with Gasteiger partial charge >= 0.3 is 5.97 Å². The molecule has 4 rings (SSSR count). The van der Waals surface area contributed by atoms with E-state index in [-0.39, 0.29) is 23.3 Å². The second-order valence-electron chi connectivity index (χ2n) is 7.29. The summed E-state index contributed by atoms with van der Waals surface area (Å²) in [6.45, 7) is 4.00. The minimum Gasteiger partial charge on any atom is -0.454 e. The van der Waals surface area contributed by atoms with Crippen LogP contribution >= 0.6 is 11.8 Å². The molecule has 1 aromatic rings. The predicted octanol–water partition coefficient (Wildman–Crippen LogP) is 0.122. The van der Waals surface area contributed by atoms with E-state index in [1.54, 1.807) is 40.0 Å². The largest absolute Gasteiger partial charge is 0.454 e. The van der Waals surface area contributed by atoms with Crippen LogP contribution in [0.2, 0.25) is 0 Å². The van der Waals surface area contributed by atoms with Gasteiger partial charge in [0.2, 0.25) is 11.9 Å². The third-order valence-electron chi connectivity index (χ3n) is 5.52. The van der Waals surface area contributed by atoms with Gasteiger partial charge in [0, 0.05) is 50.7 Å². The molecule has 0 saturated carbocycles. The molecule has 9 nitrogen and oxygen atoms in total. The van der Waals surface area contributed by atoms with Crippen LogP contribution in [0.5, 0.6) is 0 Å². The van der Waals surface area contributed by atoms with Crippen LogP contribution in [0.1, 0.15) is 19.8 Å². The highest BCUT2D eigenvalue weighted by atomic mass is 32.2. The number of fused-ring (bicyclic) bond motifs is 1. The van der Waals surface area contributed by atoms with Crippen molar-refractivity contribution in [3.05, 3.63) is 18.5 Å². The van der Waals surface area contributed by atoms with Gasteiger partial charge in [0.05, 0.1) is 4.87 Å². The van der Waals surface area contributed by atoms with Crippen LogP contribution in [0, 0.1) is 0 Å². The van der Waals surface area contributed by atoms with E-state index in [0.717, 1.165) is 6.42 Å². The third kappa shape index (κ3) is 3.52. The topological polar surface area (TPSA) is 95.9 Å². The lowest BCUT2D eigenvalue weighted by molar-refractivity contribution is -0.158. The van der Waals surface area contributed by atoms with Gasteiger partial charge in [0.25, 0.3) is 5.91 Å². The lowest BCUT2D eigenvalue weighted by atomic mass is 10.2. The van der Waals surface area contributed by atoms with E-state index >= 15 is 0 Å². The van der Waals surface area contributed by atoms with Gasteiger partial charge in [-0.05, 0) is 19.4 Å². The summed E-state index contributed by atoms with van der Waals surface area (Å²) in [6, 6.07) is 1.17. The van der Waals surface area contributed by atoms with Gasteiger partial charge < -0.3 is 19.4 Å². The van der Waals surface area contributed by atoms with Crippen molar-refractivity contribution in [1.29, 1.82) is 0 Å². The zero-order valence-corrected chi connectivity index (χ0v) is 16.6. The Labute approximate surface area is 167 Å². The molecule has 0 unspecified atom stereocenters. The fraction of sp³-hybridized carbons (Fsp3) is 0.611. The molecule has 10 heteroatoms. The molecule has 4 heterocycles. The van der Waals surface area contributed by atoms with E-state index in [9.17, 15) is 14.4 Å². The number of nitrogens with zero attached hydrogens (tertiary/aromatic N) is 5. The summed E-state index contributed by atoms with van der Waals surface area (Å²) in [5.74, 6) is 0.447. The molecule has 2 amide bonds. The average Bonchev–Trinajstić information content (AvgIpc) is 3.22. The quantitative estimate of drug-likeness (QED) is 0.652. The molecule has 0 bridgehead atoms. The van der Waals surface area contributed by atoms with Crippen molar-refractivity contribution in [3.8, 4) is 0 Å². The highest BCUT2D eigenvalue weighted by Crippen LogP contribution is 2.47. The Morgan fingerprint density at radius 3 is 2.68 bits per heavy atom. The molecule has 0 radical (unpaired) electrons. The van der Waals surface area contributed by atoms with Crippen LogP contribution in [0.4, 0.5) is 5.95 Å². The Morgan fingerprint density at radius 2 is 1.96 bits per heavy atom. The van der Waals surface area contributed by atoms with Crippen LogP contribution in [0.25, 0.3) is 0 Å². The molecule has 1 aromatic heterocycles. The number of carbonyl (C=O) groups excluding carboxylic acids is 3. The first kappa shape index (κ1) is 19.0. The van der Waals surface area contributed by atoms with Crippen molar-refractivity contribution in [2.75, 3.05) is 43.4 Å². The highest BCUT2D eigenvalue weighted by molar-refractivity contribution is 8.01. The number of rotatable bonds is 4. The molecule has 3 saturated heterocycles. The number of carbonyl (C=O) groups is 3. The summed E-state index contributed by atoms with van der Waals surface area (Å²) in [6.07, 6.45) is 4.59. The van der Waals surface area contributed by atoms with Crippen LogP contribution in [0.15, 0.2) is 18.5 Å². The lowest BCUT2D eigenvalue weighted by Crippen LogP contribution is -2.51. The summed E-state index contributed by atoms with van der Waals surface area (Å²) in [5, 5.41) is 0. The first-order chi connectivity index (χ1) is 13.5. The van der Waals surface area contributed by atoms with E-state index < -0.39 is 12.0 Å². The minimum atomic E-state index is -0.593. The second kappa shape index (κ2) is 7.57. The van der Waals surface area contributed by atoms with Crippen LogP contribution in [-0.2, 0) is 19.1 Å². The van der Waals surface area contributed by atoms with Gasteiger partial charge in [-0.3, -0.25) is 9.59 Å². The van der Waals surface area contributed by atoms with E-state index in [1.165, 1.54) is 0 Å². The summed E-state index contributed by atoms with van der Waals surface area (Å²) in [5.41, 5.74) is 0. The number of piperazine rings is 1. The molecular weight excluding hydrogens is 382 g/mol. The lowest BCUT2D eigenvalue weighted by Gasteiger charge is -2.34. The number of ether oxygens (including phenoxy) is 1. The molecule has 3 aliphatic rings. The zero-order valence-electron chi connectivity index (χ0n) is 15.7. The van der Waals surface area contributed by atoms with E-state index in [2.05, 4.69) is 9.97 Å². The molecular formula is C18H23N5O4S. The molecule has 3 aliphatic heterocycles. The number of hydrogen-bond donors (Lipinski definition) is 0. The molecule has 150 valence electrons. The minimum absolute atomic E-state index is 0.0139. The summed E-state index contributed by atoms with van der Waals surface area (Å²) >= 11 is 1.61. The third-order valence-corrected chi connectivity index (χ3v) is 7.03. The molecule has 2 atom stereocenters. The van der Waals surface area contributed by atoms with Gasteiger partial charge in [-0.2, -0.15) is 0 Å². The van der Waals surface area contributed by atoms with Crippen molar-refractivity contribution >= 4 is 35.5 Å². The number of hydrogen-bond acceptors (Lipinski definition) is 8. The van der Waals surface area contributed by atoms with Crippen molar-refractivity contribution in [2.24, 2.45) is 0 Å². The van der Waals surface area contributed by atoms with Gasteiger partial charge in [0.15, 0.2) is 6.61 Å². The number of thioether (sulfide) groups is 1. The SMILES string of the molecule is C[C@@]12CCC(=O)N1[C@H](C(=O)OCC(=O)N1CCN(c3ncccn3)CC1)CS2. The Kier molecular flexibility index (Phi) is 5.13. The van der Waals surface area contributed by atoms with Gasteiger partial charge in [-0.15, -0.1) is 11.8 Å². The Hall–Kier alpha value is -2.36. The van der Waals surface area contributed by atoms with Crippen molar-refractivity contribution in [1.82, 2.24) is 19.8 Å². The Morgan fingerprint density at radius 1 is 1.25 bits per heavy atom. The van der Waals surface area contributed by atoms with Gasteiger partial charge in [0.1, 0.15) is 6.04 Å². The zero-order chi connectivity index (χ0) is 19.7. The van der Waals surface area contributed by atoms with Crippen LogP contribution in [-0.4, -0.2) is 87.0 Å². The average molecular weight is 405 g/mol. The molecule has 3 fully saturated rings. The van der Waals surface area contributed by atoms with Crippen LogP contribution < -0.4 is 4.90 Å². The Balaban J connectivity index is 1.26. The monoisotopic (exact) mass is 405 g/mol. The molecule has 0 aromatic carbocycles. The normalized spacial score (nSPS) is 27.1. The predicted molar refractivity (Wildman–Crippen MR) is 103 cm³/mol. The van der Waals surface area contributed by atoms with Crippen molar-refractivity contribution in [3.63, 3.8) is 0 Å². The fourth-order valence-corrected chi connectivity index (χ4v) is 5.34. The van der Waals surface area contributed by atoms with Gasteiger partial charge in [-0.1, -0.05) is 0 Å². The number of aromatic nitrogens is 2. The number of amides is 2. The number of anilines is 1. The maximum atomic E-state index is 12.5. The first-order valence-electron chi connectivity index (χ1n) is 9.40. The van der Waals surface area contributed by atoms with Crippen molar-refractivity contribution < 1.29 is 19.1 Å². The standard InChI is InChI=1S/C18H23N5O4S/c1-18-4-3-14(24)23(18)13(12-28-18)16(26)27-11-15(25)21-7-9-22(10-8-21)17-19-5-2-6-20-17/h2,5-6,13H,3-4,7-12H2,1H3/t13-,18+/m0/s1. The second-order valence-corrected chi connectivity index (χ2v) is 8.79. The van der Waals surface area contributed by atoms with Crippen molar-refractivity contribution in [2.45, 2.75) is 30.7 Å². The smallest absolute Gasteiger partial charge is 0.330 e. The van der Waals surface area contributed by atoms with E-state index in [4.69, 9.17) is 4.74 Å². The summed E-state index contributed by atoms with van der Waals surface area (Å²) in [7, 11) is 0. The van der Waals surface area contributed by atoms with E-state index in [0.29, 0.717) is 44.3 Å². The molecule has 0 aliphatic carbocycles. The summed E-state index contributed by atoms with van der Waals surface area (Å²) in [4.78, 5) is 50.5. The molecule has 0 spiro atoms. The first-order valence-corrected chi connectivity index (χ1v) is 10.4. The van der Waals surface area contributed by atoms with Gasteiger partial charge in [-0.25, -0.2) is 14.8 Å². The van der Waals surface area contributed by atoms with E-state index in [1.807, 2.05) is 11.8 Å². The maximum Gasteiger partial charge on any atom is 0.330 e. The number of esters is 1. The van der Waals surface area contributed by atoms with Crippen LogP contribution in [0.3, 0.4) is 0 Å². The molecule has 28 heavy (non-hydrogen) atoms. The fourth-order valence-electron chi connectivity index (χ4n) is 3.93. The molecule has 0 N–H and O–H groups in total.